The van der Waals surface area contributed by atoms with Gasteiger partial charge in [0.05, 0.1) is 22.5 Å². The molecule has 0 N–H and O–H groups in total. The summed E-state index contributed by atoms with van der Waals surface area (Å²) in [6.45, 7) is 2.17. The maximum Gasteiger partial charge on any atom is 0.198 e. The van der Waals surface area contributed by atoms with Gasteiger partial charge in [-0.3, -0.25) is 4.79 Å². The zero-order valence-electron chi connectivity index (χ0n) is 17.7. The number of rotatable bonds is 7. The van der Waals surface area contributed by atoms with E-state index in [0.717, 1.165) is 22.3 Å². The minimum atomic E-state index is -0.146. The highest BCUT2D eigenvalue weighted by atomic mass is 16.5. The van der Waals surface area contributed by atoms with Crippen LogP contribution >= 0.6 is 0 Å². The molecule has 2 heterocycles. The lowest BCUT2D eigenvalue weighted by atomic mass is 10.0. The molecule has 0 aliphatic rings. The van der Waals surface area contributed by atoms with Gasteiger partial charge in [0.15, 0.2) is 11.5 Å². The molecule has 0 saturated carbocycles. The Morgan fingerprint density at radius 2 is 1.84 bits per heavy atom. The minimum Gasteiger partial charge on any atom is -0.487 e. The Hall–Kier alpha value is -3.93. The first-order chi connectivity index (χ1) is 15.0. The van der Waals surface area contributed by atoms with E-state index in [1.807, 2.05) is 57.4 Å². The molecule has 0 aliphatic heterocycles. The number of aryl methyl sites for hydroxylation is 1. The van der Waals surface area contributed by atoms with Crippen molar-refractivity contribution in [3.8, 4) is 5.75 Å². The van der Waals surface area contributed by atoms with Crippen LogP contribution in [0.4, 0.5) is 0 Å². The van der Waals surface area contributed by atoms with Gasteiger partial charge in [0.25, 0.3) is 0 Å². The lowest BCUT2D eigenvalue weighted by Crippen LogP contribution is -2.09. The molecule has 0 radical (unpaired) electrons. The molecule has 6 nitrogen and oxygen atoms in total. The number of pyridine rings is 1. The predicted octanol–water partition coefficient (Wildman–Crippen LogP) is 4.90. The van der Waals surface area contributed by atoms with E-state index >= 15 is 0 Å². The number of ketones is 1. The molecule has 0 spiro atoms. The third kappa shape index (κ3) is 4.80. The molecule has 0 fully saturated rings. The van der Waals surface area contributed by atoms with E-state index in [0.29, 0.717) is 29.3 Å². The fourth-order valence-corrected chi connectivity index (χ4v) is 3.19. The van der Waals surface area contributed by atoms with Crippen LogP contribution in [-0.2, 0) is 6.61 Å². The molecular weight excluding hydrogens is 390 g/mol. The number of para-hydroxylation sites is 1. The fourth-order valence-electron chi connectivity index (χ4n) is 3.19. The zero-order valence-corrected chi connectivity index (χ0v) is 17.7. The third-order valence-electron chi connectivity index (χ3n) is 4.68. The number of aromatic nitrogens is 2. The number of carbonyl (C=O) groups excluding carboxylic acids is 1. The molecule has 4 aromatic rings. The molecule has 2 aromatic carbocycles. The van der Waals surface area contributed by atoms with E-state index in [1.54, 1.807) is 41.4 Å². The number of hydrogen-bond donors (Lipinski definition) is 0. The molecule has 0 bridgehead atoms. The lowest BCUT2D eigenvalue weighted by molar-refractivity contribution is 0.105. The van der Waals surface area contributed by atoms with Gasteiger partial charge in [-0.15, -0.1) is 0 Å². The summed E-state index contributed by atoms with van der Waals surface area (Å²) in [4.78, 5) is 19.5. The van der Waals surface area contributed by atoms with Crippen molar-refractivity contribution in [2.75, 3.05) is 14.1 Å². The highest BCUT2D eigenvalue weighted by Crippen LogP contribution is 2.23. The van der Waals surface area contributed by atoms with Crippen LogP contribution in [-0.4, -0.2) is 34.9 Å². The Labute approximate surface area is 180 Å². The molecule has 2 aromatic heterocycles. The number of ether oxygens (including phenoxy) is 1. The predicted molar refractivity (Wildman–Crippen MR) is 120 cm³/mol. The van der Waals surface area contributed by atoms with Crippen molar-refractivity contribution >= 4 is 22.3 Å². The summed E-state index contributed by atoms with van der Waals surface area (Å²) in [5, 5.41) is 4.99. The largest absolute Gasteiger partial charge is 0.487 e. The molecule has 4 rings (SSSR count). The molecule has 0 unspecified atom stereocenters. The van der Waals surface area contributed by atoms with Gasteiger partial charge in [0, 0.05) is 37.3 Å². The van der Waals surface area contributed by atoms with Crippen LogP contribution in [0.1, 0.15) is 27.5 Å². The van der Waals surface area contributed by atoms with Crippen LogP contribution < -0.4 is 4.74 Å². The van der Waals surface area contributed by atoms with Crippen LogP contribution in [0.25, 0.3) is 16.5 Å². The normalized spacial score (nSPS) is 11.5. The SMILES string of the molecule is Cc1cc(C(=CN(C)C)C(=O)c2ccc(OCc3ccc4ccccc4n3)cc2)on1. The number of Topliss-reactive ketones (excluding diaryl/α,β-unsaturated/α-hetero) is 1. The van der Waals surface area contributed by atoms with Crippen molar-refractivity contribution in [2.45, 2.75) is 13.5 Å². The zero-order chi connectivity index (χ0) is 21.8. The van der Waals surface area contributed by atoms with Gasteiger partial charge >= 0.3 is 0 Å². The smallest absolute Gasteiger partial charge is 0.198 e. The number of nitrogens with zero attached hydrogens (tertiary/aromatic N) is 3. The van der Waals surface area contributed by atoms with E-state index in [9.17, 15) is 4.79 Å². The summed E-state index contributed by atoms with van der Waals surface area (Å²) < 4.78 is 11.2. The molecule has 0 aliphatic carbocycles. The van der Waals surface area contributed by atoms with E-state index < -0.39 is 0 Å². The second kappa shape index (κ2) is 8.83. The Balaban J connectivity index is 1.48. The fraction of sp³-hybridized carbons (Fsp3) is 0.160. The number of fused-ring (bicyclic) bond motifs is 1. The second-order valence-corrected chi connectivity index (χ2v) is 7.48. The van der Waals surface area contributed by atoms with Crippen LogP contribution in [0.15, 0.2) is 77.5 Å². The van der Waals surface area contributed by atoms with Crippen molar-refractivity contribution in [1.82, 2.24) is 15.0 Å². The van der Waals surface area contributed by atoms with Gasteiger partial charge in [0.2, 0.25) is 0 Å². The van der Waals surface area contributed by atoms with Crippen molar-refractivity contribution < 1.29 is 14.1 Å². The standard InChI is InChI=1S/C25H23N3O3/c1-17-14-24(31-27-17)22(15-28(2)3)25(29)19-9-12-21(13-10-19)30-16-20-11-8-18-6-4-5-7-23(18)26-20/h4-15H,16H2,1-3H3. The van der Waals surface area contributed by atoms with Crippen molar-refractivity contribution in [3.05, 3.63) is 95.6 Å². The van der Waals surface area contributed by atoms with Crippen molar-refractivity contribution in [2.24, 2.45) is 0 Å². The Morgan fingerprint density at radius 1 is 1.06 bits per heavy atom. The molecule has 0 amide bonds. The molecule has 6 heteroatoms. The lowest BCUT2D eigenvalue weighted by Gasteiger charge is -2.10. The number of hydrogen-bond acceptors (Lipinski definition) is 6. The van der Waals surface area contributed by atoms with E-state index in [2.05, 4.69) is 10.1 Å². The number of allylic oxidation sites excluding steroid dienone is 1. The van der Waals surface area contributed by atoms with Gasteiger partial charge in [-0.05, 0) is 43.3 Å². The Morgan fingerprint density at radius 3 is 2.55 bits per heavy atom. The summed E-state index contributed by atoms with van der Waals surface area (Å²) in [5.74, 6) is 0.964. The first-order valence-electron chi connectivity index (χ1n) is 9.94. The maximum absolute atomic E-state index is 13.1. The van der Waals surface area contributed by atoms with Crippen molar-refractivity contribution in [3.63, 3.8) is 0 Å². The maximum atomic E-state index is 13.1. The molecule has 0 saturated heterocycles. The van der Waals surface area contributed by atoms with Crippen LogP contribution in [0.3, 0.4) is 0 Å². The monoisotopic (exact) mass is 413 g/mol. The quantitative estimate of drug-likeness (QED) is 0.317. The average Bonchev–Trinajstić information content (AvgIpc) is 3.21. The van der Waals surface area contributed by atoms with E-state index in [1.165, 1.54) is 0 Å². The first-order valence-corrected chi connectivity index (χ1v) is 9.94. The second-order valence-electron chi connectivity index (χ2n) is 7.48. The van der Waals surface area contributed by atoms with Crippen LogP contribution in [0.2, 0.25) is 0 Å². The number of carbonyl (C=O) groups is 1. The van der Waals surface area contributed by atoms with Crippen LogP contribution in [0.5, 0.6) is 5.75 Å². The summed E-state index contributed by atoms with van der Waals surface area (Å²) in [6, 6.07) is 20.8. The minimum absolute atomic E-state index is 0.146. The summed E-state index contributed by atoms with van der Waals surface area (Å²) >= 11 is 0. The highest BCUT2D eigenvalue weighted by Gasteiger charge is 2.19. The summed E-state index contributed by atoms with van der Waals surface area (Å²) in [7, 11) is 3.71. The van der Waals surface area contributed by atoms with Crippen molar-refractivity contribution in [1.29, 1.82) is 0 Å². The van der Waals surface area contributed by atoms with Gasteiger partial charge in [0.1, 0.15) is 12.4 Å². The topological polar surface area (TPSA) is 68.5 Å². The van der Waals surface area contributed by atoms with Gasteiger partial charge in [-0.2, -0.15) is 0 Å². The van der Waals surface area contributed by atoms with Gasteiger partial charge in [-0.1, -0.05) is 29.4 Å². The summed E-state index contributed by atoms with van der Waals surface area (Å²) in [6.07, 6.45) is 1.73. The Kier molecular flexibility index (Phi) is 5.80. The molecular formula is C25H23N3O3. The number of benzene rings is 2. The third-order valence-corrected chi connectivity index (χ3v) is 4.68. The average molecular weight is 413 g/mol. The molecule has 156 valence electrons. The highest BCUT2D eigenvalue weighted by molar-refractivity contribution is 6.28. The summed E-state index contributed by atoms with van der Waals surface area (Å²) in [5.41, 5.74) is 3.49. The molecule has 0 atom stereocenters. The molecule has 31 heavy (non-hydrogen) atoms. The van der Waals surface area contributed by atoms with E-state index in [-0.39, 0.29) is 5.78 Å². The van der Waals surface area contributed by atoms with Gasteiger partial charge < -0.3 is 14.2 Å². The van der Waals surface area contributed by atoms with E-state index in [4.69, 9.17) is 9.26 Å². The van der Waals surface area contributed by atoms with Gasteiger partial charge in [-0.25, -0.2) is 4.98 Å². The van der Waals surface area contributed by atoms with Crippen LogP contribution in [0, 0.1) is 6.92 Å². The Bertz CT molecular complexity index is 1240. The first kappa shape index (κ1) is 20.3.